The van der Waals surface area contributed by atoms with Crippen molar-refractivity contribution in [2.75, 3.05) is 12.3 Å². The van der Waals surface area contributed by atoms with Crippen LogP contribution in [0.5, 0.6) is 0 Å². The standard InChI is InChI=1S/C6H8N2S/c1-2-6-3-4-7-8-9(6)5-1/h1-2H,3-5H2. The lowest BCUT2D eigenvalue weighted by Gasteiger charge is -2.04. The van der Waals surface area contributed by atoms with E-state index in [2.05, 4.69) is 21.8 Å². The fraction of sp³-hybridized carbons (Fsp3) is 0.500. The molecule has 2 aliphatic rings. The molecule has 0 saturated carbocycles. The Balaban J connectivity index is 2.35. The smallest absolute Gasteiger partial charge is 0.0655 e. The van der Waals surface area contributed by atoms with Crippen LogP contribution >= 0.6 is 10.7 Å². The Morgan fingerprint density at radius 1 is 1.56 bits per heavy atom. The van der Waals surface area contributed by atoms with Gasteiger partial charge >= 0.3 is 0 Å². The summed E-state index contributed by atoms with van der Waals surface area (Å²) in [5.74, 6) is 1.11. The molecule has 2 aliphatic heterocycles. The van der Waals surface area contributed by atoms with Crippen molar-refractivity contribution in [3.05, 3.63) is 12.2 Å². The van der Waals surface area contributed by atoms with Crippen LogP contribution in [-0.4, -0.2) is 17.2 Å². The zero-order valence-corrected chi connectivity index (χ0v) is 5.90. The van der Waals surface area contributed by atoms with Crippen LogP contribution < -0.4 is 0 Å². The molecular formula is C6H8N2S. The van der Waals surface area contributed by atoms with E-state index in [1.54, 1.807) is 0 Å². The van der Waals surface area contributed by atoms with Crippen molar-refractivity contribution in [1.29, 1.82) is 0 Å². The number of hydrogen-bond donors (Lipinski definition) is 0. The molecule has 0 N–H and O–H groups in total. The maximum atomic E-state index is 4.14. The molecule has 2 heterocycles. The Hall–Kier alpha value is -0.440. The Labute approximate surface area is 56.7 Å². The monoisotopic (exact) mass is 140 g/mol. The number of nitrogens with zero attached hydrogens (tertiary/aromatic N) is 2. The van der Waals surface area contributed by atoms with E-state index in [9.17, 15) is 0 Å². The molecule has 0 bridgehead atoms. The van der Waals surface area contributed by atoms with Crippen molar-refractivity contribution in [2.24, 2.45) is 9.63 Å². The minimum absolute atomic E-state index is 0.179. The molecule has 0 aromatic heterocycles. The van der Waals surface area contributed by atoms with Crippen molar-refractivity contribution < 1.29 is 0 Å². The van der Waals surface area contributed by atoms with E-state index in [-0.39, 0.29) is 10.7 Å². The van der Waals surface area contributed by atoms with E-state index in [0.29, 0.717) is 0 Å². The summed E-state index contributed by atoms with van der Waals surface area (Å²) in [5.41, 5.74) is 0. The SMILES string of the molecule is C1=CC2=S(C1)N=NCC2. The Morgan fingerprint density at radius 2 is 2.56 bits per heavy atom. The molecule has 0 aromatic carbocycles. The highest BCUT2D eigenvalue weighted by atomic mass is 32.2. The fourth-order valence-corrected chi connectivity index (χ4v) is 2.48. The van der Waals surface area contributed by atoms with Crippen LogP contribution in [0.3, 0.4) is 0 Å². The van der Waals surface area contributed by atoms with Gasteiger partial charge in [-0.3, -0.25) is 0 Å². The minimum atomic E-state index is 0.179. The van der Waals surface area contributed by atoms with E-state index in [1.165, 1.54) is 4.86 Å². The lowest BCUT2D eigenvalue weighted by molar-refractivity contribution is 0.978. The summed E-state index contributed by atoms with van der Waals surface area (Å²) < 4.78 is 4.14. The van der Waals surface area contributed by atoms with Gasteiger partial charge < -0.3 is 0 Å². The quantitative estimate of drug-likeness (QED) is 0.458. The van der Waals surface area contributed by atoms with Gasteiger partial charge in [0.1, 0.15) is 0 Å². The Kier molecular flexibility index (Phi) is 1.23. The zero-order valence-electron chi connectivity index (χ0n) is 5.08. The first-order valence-corrected chi connectivity index (χ1v) is 4.43. The summed E-state index contributed by atoms with van der Waals surface area (Å²) in [6, 6.07) is 0. The molecule has 0 fully saturated rings. The van der Waals surface area contributed by atoms with Crippen LogP contribution in [0.15, 0.2) is 21.8 Å². The molecule has 48 valence electrons. The van der Waals surface area contributed by atoms with Crippen LogP contribution in [0.1, 0.15) is 6.42 Å². The van der Waals surface area contributed by atoms with Gasteiger partial charge in [0, 0.05) is 12.2 Å². The van der Waals surface area contributed by atoms with Crippen LogP contribution in [0.2, 0.25) is 0 Å². The number of rotatable bonds is 0. The summed E-state index contributed by atoms with van der Waals surface area (Å²) >= 11 is 0. The first-order valence-electron chi connectivity index (χ1n) is 3.08. The van der Waals surface area contributed by atoms with Gasteiger partial charge in [-0.25, -0.2) is 0 Å². The number of allylic oxidation sites excluding steroid dienone is 1. The van der Waals surface area contributed by atoms with Gasteiger partial charge in [0.25, 0.3) is 0 Å². The summed E-state index contributed by atoms with van der Waals surface area (Å²) in [4.78, 5) is 1.50. The topological polar surface area (TPSA) is 24.7 Å². The summed E-state index contributed by atoms with van der Waals surface area (Å²) in [5, 5.41) is 4.00. The second-order valence-electron chi connectivity index (χ2n) is 2.10. The van der Waals surface area contributed by atoms with E-state index < -0.39 is 0 Å². The van der Waals surface area contributed by atoms with Gasteiger partial charge in [0.05, 0.1) is 6.54 Å². The van der Waals surface area contributed by atoms with Crippen molar-refractivity contribution in [3.8, 4) is 0 Å². The zero-order chi connectivity index (χ0) is 6.10. The Morgan fingerprint density at radius 3 is 3.44 bits per heavy atom. The third-order valence-electron chi connectivity index (χ3n) is 1.47. The molecule has 1 atom stereocenters. The Bertz CT molecular complexity index is 215. The second-order valence-corrected chi connectivity index (χ2v) is 3.85. The lowest BCUT2D eigenvalue weighted by atomic mass is 10.3. The van der Waals surface area contributed by atoms with Crippen molar-refractivity contribution >= 4 is 15.5 Å². The fourth-order valence-electron chi connectivity index (χ4n) is 1.01. The van der Waals surface area contributed by atoms with E-state index >= 15 is 0 Å². The maximum Gasteiger partial charge on any atom is 0.0655 e. The van der Waals surface area contributed by atoms with Gasteiger partial charge in [-0.2, -0.15) is 5.11 Å². The molecule has 2 rings (SSSR count). The lowest BCUT2D eigenvalue weighted by Crippen LogP contribution is -1.96. The van der Waals surface area contributed by atoms with Crippen LogP contribution in [0, 0.1) is 0 Å². The normalized spacial score (nSPS) is 31.1. The molecule has 0 aliphatic carbocycles. The molecule has 3 heteroatoms. The van der Waals surface area contributed by atoms with Crippen molar-refractivity contribution in [2.45, 2.75) is 6.42 Å². The van der Waals surface area contributed by atoms with Gasteiger partial charge in [0.2, 0.25) is 0 Å². The van der Waals surface area contributed by atoms with Gasteiger partial charge in [-0.15, -0.1) is 4.52 Å². The van der Waals surface area contributed by atoms with Crippen molar-refractivity contribution in [3.63, 3.8) is 0 Å². The van der Waals surface area contributed by atoms with Crippen molar-refractivity contribution in [1.82, 2.24) is 0 Å². The molecule has 0 radical (unpaired) electrons. The molecule has 9 heavy (non-hydrogen) atoms. The molecule has 0 spiro atoms. The highest BCUT2D eigenvalue weighted by Crippen LogP contribution is 2.27. The van der Waals surface area contributed by atoms with Crippen LogP contribution in [0.25, 0.3) is 0 Å². The predicted molar refractivity (Wildman–Crippen MR) is 40.9 cm³/mol. The third kappa shape index (κ3) is 0.852. The molecule has 1 unspecified atom stereocenters. The molecular weight excluding hydrogens is 132 g/mol. The maximum absolute atomic E-state index is 4.14. The van der Waals surface area contributed by atoms with E-state index in [1.807, 2.05) is 0 Å². The average Bonchev–Trinajstić information content (AvgIpc) is 2.33. The van der Waals surface area contributed by atoms with E-state index in [0.717, 1.165) is 18.7 Å². The largest absolute Gasteiger partial charge is 0.182 e. The predicted octanol–water partition coefficient (Wildman–Crippen LogP) is 1.77. The molecule has 2 nitrogen and oxygen atoms in total. The van der Waals surface area contributed by atoms with Crippen LogP contribution in [0.4, 0.5) is 0 Å². The summed E-state index contributed by atoms with van der Waals surface area (Å²) in [7, 11) is 0.179. The first-order chi connectivity index (χ1) is 4.47. The highest BCUT2D eigenvalue weighted by molar-refractivity contribution is 8.15. The highest BCUT2D eigenvalue weighted by Gasteiger charge is 2.09. The van der Waals surface area contributed by atoms with Crippen LogP contribution in [-0.2, 0) is 0 Å². The second kappa shape index (κ2) is 2.06. The minimum Gasteiger partial charge on any atom is -0.182 e. The molecule has 0 amide bonds. The van der Waals surface area contributed by atoms with E-state index in [4.69, 9.17) is 0 Å². The van der Waals surface area contributed by atoms with Gasteiger partial charge in [-0.1, -0.05) is 12.2 Å². The third-order valence-corrected chi connectivity index (χ3v) is 3.24. The molecule has 0 saturated heterocycles. The summed E-state index contributed by atoms with van der Waals surface area (Å²) in [6.45, 7) is 0.906. The van der Waals surface area contributed by atoms with Gasteiger partial charge in [-0.05, 0) is 15.5 Å². The first kappa shape index (κ1) is 5.35. The van der Waals surface area contributed by atoms with Gasteiger partial charge in [0.15, 0.2) is 0 Å². The number of hydrogen-bond acceptors (Lipinski definition) is 2. The average molecular weight is 140 g/mol. The summed E-state index contributed by atoms with van der Waals surface area (Å²) in [6.07, 6.45) is 5.55. The molecule has 0 aromatic rings.